The van der Waals surface area contributed by atoms with Gasteiger partial charge < -0.3 is 20.0 Å². The Morgan fingerprint density at radius 2 is 1.62 bits per heavy atom. The molecule has 2 aliphatic heterocycles. The van der Waals surface area contributed by atoms with Gasteiger partial charge >= 0.3 is 0 Å². The summed E-state index contributed by atoms with van der Waals surface area (Å²) in [4.78, 5) is 16.7. The van der Waals surface area contributed by atoms with Crippen molar-refractivity contribution in [2.45, 2.75) is 33.1 Å². The van der Waals surface area contributed by atoms with Gasteiger partial charge in [-0.2, -0.15) is 0 Å². The van der Waals surface area contributed by atoms with Gasteiger partial charge in [0.05, 0.1) is 0 Å². The van der Waals surface area contributed by atoms with Crippen LogP contribution in [-0.2, 0) is 6.42 Å². The molecule has 1 N–H and O–H groups in total. The molecule has 0 spiro atoms. The van der Waals surface area contributed by atoms with E-state index in [2.05, 4.69) is 71.2 Å². The number of likely N-dealkylation sites (N-methyl/N-ethyl adjacent to an activating group) is 1. The lowest BCUT2D eigenvalue weighted by Gasteiger charge is -2.34. The number of anilines is 4. The molecule has 0 saturated carbocycles. The first-order valence-electron chi connectivity index (χ1n) is 11.0. The van der Waals surface area contributed by atoms with Crippen LogP contribution in [0.1, 0.15) is 32.5 Å². The second-order valence-corrected chi connectivity index (χ2v) is 8.51. The molecule has 4 rings (SSSR count). The van der Waals surface area contributed by atoms with Crippen molar-refractivity contribution in [2.75, 3.05) is 61.4 Å². The van der Waals surface area contributed by atoms with Crippen LogP contribution in [0.2, 0.25) is 0 Å². The molecule has 6 heteroatoms. The number of rotatable bonds is 5. The Labute approximate surface area is 174 Å². The van der Waals surface area contributed by atoms with E-state index in [1.807, 2.05) is 0 Å². The van der Waals surface area contributed by atoms with Crippen molar-refractivity contribution in [3.63, 3.8) is 0 Å². The zero-order chi connectivity index (χ0) is 20.2. The third kappa shape index (κ3) is 4.99. The predicted octanol–water partition coefficient (Wildman–Crippen LogP) is 3.77. The highest BCUT2D eigenvalue weighted by atomic mass is 15.2. The highest BCUT2D eigenvalue weighted by Gasteiger charge is 2.18. The summed E-state index contributed by atoms with van der Waals surface area (Å²) in [7, 11) is 2.19. The van der Waals surface area contributed by atoms with Crippen LogP contribution in [0.3, 0.4) is 0 Å². The zero-order valence-corrected chi connectivity index (χ0v) is 18.1. The van der Waals surface area contributed by atoms with E-state index >= 15 is 0 Å². The lowest BCUT2D eigenvalue weighted by atomic mass is 9.99. The van der Waals surface area contributed by atoms with E-state index in [9.17, 15) is 0 Å². The van der Waals surface area contributed by atoms with E-state index in [1.165, 1.54) is 18.5 Å². The Kier molecular flexibility index (Phi) is 6.19. The maximum absolute atomic E-state index is 4.79. The highest BCUT2D eigenvalue weighted by molar-refractivity contribution is 5.63. The van der Waals surface area contributed by atoms with Crippen molar-refractivity contribution in [1.82, 2.24) is 14.9 Å². The summed E-state index contributed by atoms with van der Waals surface area (Å²) in [6, 6.07) is 10.8. The molecule has 6 nitrogen and oxygen atoms in total. The number of nitrogens with one attached hydrogen (secondary N) is 1. The van der Waals surface area contributed by atoms with Crippen molar-refractivity contribution in [1.29, 1.82) is 0 Å². The second-order valence-electron chi connectivity index (χ2n) is 8.51. The third-order valence-corrected chi connectivity index (χ3v) is 6.19. The Morgan fingerprint density at radius 1 is 0.931 bits per heavy atom. The molecule has 0 radical (unpaired) electrons. The van der Waals surface area contributed by atoms with E-state index in [0.717, 1.165) is 74.8 Å². The van der Waals surface area contributed by atoms with Crippen molar-refractivity contribution in [2.24, 2.45) is 5.92 Å². The van der Waals surface area contributed by atoms with Gasteiger partial charge in [0.25, 0.3) is 0 Å². The Morgan fingerprint density at radius 3 is 2.28 bits per heavy atom. The molecule has 2 aliphatic rings. The van der Waals surface area contributed by atoms with Crippen LogP contribution in [0.4, 0.5) is 23.0 Å². The third-order valence-electron chi connectivity index (χ3n) is 6.19. The molecule has 156 valence electrons. The maximum atomic E-state index is 4.79. The normalized spacial score (nSPS) is 18.9. The van der Waals surface area contributed by atoms with Gasteiger partial charge in [-0.15, -0.1) is 0 Å². The number of piperazine rings is 1. The van der Waals surface area contributed by atoms with Gasteiger partial charge in [-0.3, -0.25) is 0 Å². The molecular formula is C23H34N6. The Bertz CT molecular complexity index is 790. The zero-order valence-electron chi connectivity index (χ0n) is 18.1. The Hall–Kier alpha value is -2.34. The lowest BCUT2D eigenvalue weighted by Crippen LogP contribution is -2.44. The van der Waals surface area contributed by atoms with Crippen LogP contribution >= 0.6 is 0 Å². The molecule has 0 aliphatic carbocycles. The summed E-state index contributed by atoms with van der Waals surface area (Å²) in [5, 5.41) is 3.50. The monoisotopic (exact) mass is 394 g/mol. The molecular weight excluding hydrogens is 360 g/mol. The molecule has 2 aromatic rings. The summed E-state index contributed by atoms with van der Waals surface area (Å²) in [5.41, 5.74) is 2.37. The summed E-state index contributed by atoms with van der Waals surface area (Å²) < 4.78 is 0. The van der Waals surface area contributed by atoms with Crippen LogP contribution in [0.15, 0.2) is 30.3 Å². The van der Waals surface area contributed by atoms with Crippen molar-refractivity contribution < 1.29 is 0 Å². The van der Waals surface area contributed by atoms with E-state index in [-0.39, 0.29) is 0 Å². The minimum absolute atomic E-state index is 0.815. The fourth-order valence-corrected chi connectivity index (χ4v) is 4.07. The molecule has 2 saturated heterocycles. The average Bonchev–Trinajstić information content (AvgIpc) is 2.75. The summed E-state index contributed by atoms with van der Waals surface area (Å²) >= 11 is 0. The molecule has 29 heavy (non-hydrogen) atoms. The van der Waals surface area contributed by atoms with Crippen molar-refractivity contribution in [3.8, 4) is 0 Å². The number of aromatic nitrogens is 2. The topological polar surface area (TPSA) is 47.5 Å². The van der Waals surface area contributed by atoms with Crippen LogP contribution in [0.25, 0.3) is 0 Å². The fourth-order valence-electron chi connectivity index (χ4n) is 4.07. The second kappa shape index (κ2) is 8.99. The van der Waals surface area contributed by atoms with Gasteiger partial charge in [-0.25, -0.2) is 9.97 Å². The number of piperidine rings is 1. The fraction of sp³-hybridized carbons (Fsp3) is 0.565. The maximum Gasteiger partial charge on any atom is 0.136 e. The van der Waals surface area contributed by atoms with Gasteiger partial charge in [0.2, 0.25) is 0 Å². The molecule has 0 unspecified atom stereocenters. The summed E-state index contributed by atoms with van der Waals surface area (Å²) in [6.07, 6.45) is 3.32. The highest BCUT2D eigenvalue weighted by Crippen LogP contribution is 2.26. The van der Waals surface area contributed by atoms with Crippen LogP contribution in [0, 0.1) is 5.92 Å². The number of hydrogen-bond donors (Lipinski definition) is 1. The molecule has 1 aromatic carbocycles. The number of benzene rings is 1. The SMILES string of the molecule is CCc1nc(Nc2ccc(N3CCN(C)CC3)cc2)cc(N2CCC(C)CC2)n1. The number of hydrogen-bond acceptors (Lipinski definition) is 6. The quantitative estimate of drug-likeness (QED) is 0.833. The molecule has 2 fully saturated rings. The van der Waals surface area contributed by atoms with Crippen LogP contribution in [-0.4, -0.2) is 61.2 Å². The van der Waals surface area contributed by atoms with Gasteiger partial charge in [0.15, 0.2) is 0 Å². The minimum Gasteiger partial charge on any atom is -0.369 e. The smallest absolute Gasteiger partial charge is 0.136 e. The number of nitrogens with zero attached hydrogens (tertiary/aromatic N) is 5. The first-order chi connectivity index (χ1) is 14.1. The molecule has 0 amide bonds. The van der Waals surface area contributed by atoms with E-state index < -0.39 is 0 Å². The van der Waals surface area contributed by atoms with Gasteiger partial charge in [-0.1, -0.05) is 13.8 Å². The van der Waals surface area contributed by atoms with Crippen molar-refractivity contribution >= 4 is 23.0 Å². The molecule has 3 heterocycles. The van der Waals surface area contributed by atoms with E-state index in [4.69, 9.17) is 9.97 Å². The Balaban J connectivity index is 1.46. The first-order valence-corrected chi connectivity index (χ1v) is 11.0. The van der Waals surface area contributed by atoms with Crippen LogP contribution in [0.5, 0.6) is 0 Å². The summed E-state index contributed by atoms with van der Waals surface area (Å²) in [5.74, 6) is 3.66. The van der Waals surface area contributed by atoms with Crippen LogP contribution < -0.4 is 15.1 Å². The predicted molar refractivity (Wildman–Crippen MR) is 121 cm³/mol. The van der Waals surface area contributed by atoms with Gasteiger partial charge in [-0.05, 0) is 50.1 Å². The van der Waals surface area contributed by atoms with Gasteiger partial charge in [0, 0.05) is 63.1 Å². The molecule has 0 bridgehead atoms. The minimum atomic E-state index is 0.815. The summed E-state index contributed by atoms with van der Waals surface area (Å²) in [6.45, 7) is 11.1. The number of aryl methyl sites for hydroxylation is 1. The average molecular weight is 395 g/mol. The molecule has 1 aromatic heterocycles. The van der Waals surface area contributed by atoms with Gasteiger partial charge in [0.1, 0.15) is 17.5 Å². The van der Waals surface area contributed by atoms with E-state index in [0.29, 0.717) is 0 Å². The van der Waals surface area contributed by atoms with Crippen molar-refractivity contribution in [3.05, 3.63) is 36.2 Å². The lowest BCUT2D eigenvalue weighted by molar-refractivity contribution is 0.313. The first kappa shape index (κ1) is 20.0. The standard InChI is InChI=1S/C23H34N6/c1-4-21-25-22(17-23(26-21)29-11-9-18(2)10-12-29)24-19-5-7-20(8-6-19)28-15-13-27(3)14-16-28/h5-8,17-18H,4,9-16H2,1-3H3,(H,24,25,26). The largest absolute Gasteiger partial charge is 0.369 e. The van der Waals surface area contributed by atoms with E-state index in [1.54, 1.807) is 0 Å². The molecule has 0 atom stereocenters.